The molecule has 2 saturated heterocycles. The van der Waals surface area contributed by atoms with Crippen LogP contribution in [0.5, 0.6) is 5.75 Å². The van der Waals surface area contributed by atoms with Gasteiger partial charge in [0.1, 0.15) is 5.75 Å². The molecule has 2 heterocycles. The smallest absolute Gasteiger partial charge is 0.222 e. The molecular formula is C22H35N3O2. The molecule has 150 valence electrons. The third-order valence-electron chi connectivity index (χ3n) is 6.05. The molecule has 2 aliphatic rings. The van der Waals surface area contributed by atoms with E-state index in [1.54, 1.807) is 0 Å². The van der Waals surface area contributed by atoms with Gasteiger partial charge < -0.3 is 15.0 Å². The summed E-state index contributed by atoms with van der Waals surface area (Å²) in [6, 6.07) is 8.37. The van der Waals surface area contributed by atoms with Crippen molar-refractivity contribution in [1.29, 1.82) is 0 Å². The zero-order valence-electron chi connectivity index (χ0n) is 17.0. The standard InChI is InChI=1S/C22H35N3O2/c1-3-27-21-6-4-19(5-7-21)17-24-12-14-25(15-13-24)22(26)16-18(2)20-8-10-23-11-9-20/h4-7,18,20,23H,3,8-17H2,1-2H3. The van der Waals surface area contributed by atoms with E-state index in [9.17, 15) is 4.79 Å². The molecular weight excluding hydrogens is 338 g/mol. The lowest BCUT2D eigenvalue weighted by molar-refractivity contribution is -0.134. The van der Waals surface area contributed by atoms with E-state index < -0.39 is 0 Å². The summed E-state index contributed by atoms with van der Waals surface area (Å²) < 4.78 is 5.51. The van der Waals surface area contributed by atoms with Crippen LogP contribution in [-0.4, -0.2) is 61.6 Å². The Morgan fingerprint density at radius 1 is 1.15 bits per heavy atom. The first-order chi connectivity index (χ1) is 13.2. The van der Waals surface area contributed by atoms with Crippen molar-refractivity contribution in [2.24, 2.45) is 11.8 Å². The lowest BCUT2D eigenvalue weighted by atomic mass is 9.84. The summed E-state index contributed by atoms with van der Waals surface area (Å²) in [6.45, 7) is 11.7. The first kappa shape index (κ1) is 20.2. The number of piperazine rings is 1. The van der Waals surface area contributed by atoms with E-state index in [0.717, 1.165) is 51.6 Å². The molecule has 2 aliphatic heterocycles. The van der Waals surface area contributed by atoms with E-state index in [-0.39, 0.29) is 0 Å². The Labute approximate surface area is 164 Å². The fourth-order valence-electron chi connectivity index (χ4n) is 4.26. The van der Waals surface area contributed by atoms with Crippen molar-refractivity contribution in [2.75, 3.05) is 45.9 Å². The van der Waals surface area contributed by atoms with Gasteiger partial charge in [0.2, 0.25) is 5.91 Å². The van der Waals surface area contributed by atoms with Gasteiger partial charge in [0.05, 0.1) is 6.61 Å². The Hall–Kier alpha value is -1.59. The summed E-state index contributed by atoms with van der Waals surface area (Å²) >= 11 is 0. The van der Waals surface area contributed by atoms with Crippen molar-refractivity contribution >= 4 is 5.91 Å². The van der Waals surface area contributed by atoms with Crippen LogP contribution >= 0.6 is 0 Å². The fourth-order valence-corrected chi connectivity index (χ4v) is 4.26. The predicted molar refractivity (Wildman–Crippen MR) is 109 cm³/mol. The molecule has 0 spiro atoms. The molecule has 0 aliphatic carbocycles. The molecule has 1 atom stereocenters. The van der Waals surface area contributed by atoms with Crippen molar-refractivity contribution in [3.63, 3.8) is 0 Å². The maximum atomic E-state index is 12.7. The molecule has 1 amide bonds. The second kappa shape index (κ2) is 10.1. The summed E-state index contributed by atoms with van der Waals surface area (Å²) in [5, 5.41) is 3.41. The molecule has 5 nitrogen and oxygen atoms in total. The van der Waals surface area contributed by atoms with E-state index >= 15 is 0 Å². The van der Waals surface area contributed by atoms with Crippen LogP contribution in [0.1, 0.15) is 38.7 Å². The zero-order chi connectivity index (χ0) is 19.1. The van der Waals surface area contributed by atoms with Gasteiger partial charge in [-0.3, -0.25) is 9.69 Å². The van der Waals surface area contributed by atoms with Crippen LogP contribution in [0, 0.1) is 11.8 Å². The van der Waals surface area contributed by atoms with E-state index in [1.807, 2.05) is 19.1 Å². The van der Waals surface area contributed by atoms with Crippen LogP contribution in [0.4, 0.5) is 0 Å². The van der Waals surface area contributed by atoms with Gasteiger partial charge in [-0.25, -0.2) is 0 Å². The van der Waals surface area contributed by atoms with Gasteiger partial charge in [-0.05, 0) is 62.4 Å². The number of nitrogens with zero attached hydrogens (tertiary/aromatic N) is 2. The Balaban J connectivity index is 1.40. The van der Waals surface area contributed by atoms with Crippen LogP contribution in [0.15, 0.2) is 24.3 Å². The molecule has 1 aromatic rings. The van der Waals surface area contributed by atoms with Gasteiger partial charge in [-0.15, -0.1) is 0 Å². The van der Waals surface area contributed by atoms with Crippen molar-refractivity contribution in [3.8, 4) is 5.75 Å². The number of carbonyl (C=O) groups is 1. The van der Waals surface area contributed by atoms with Gasteiger partial charge in [0, 0.05) is 39.1 Å². The Morgan fingerprint density at radius 3 is 2.44 bits per heavy atom. The van der Waals surface area contributed by atoms with Crippen molar-refractivity contribution < 1.29 is 9.53 Å². The van der Waals surface area contributed by atoms with Crippen molar-refractivity contribution in [3.05, 3.63) is 29.8 Å². The third-order valence-corrected chi connectivity index (χ3v) is 6.05. The van der Waals surface area contributed by atoms with E-state index in [2.05, 4.69) is 34.2 Å². The quantitative estimate of drug-likeness (QED) is 0.798. The first-order valence-electron chi connectivity index (χ1n) is 10.6. The van der Waals surface area contributed by atoms with Gasteiger partial charge in [-0.2, -0.15) is 0 Å². The second-order valence-corrected chi connectivity index (χ2v) is 8.00. The Morgan fingerprint density at radius 2 is 1.81 bits per heavy atom. The SMILES string of the molecule is CCOc1ccc(CN2CCN(C(=O)CC(C)C3CCNCC3)CC2)cc1. The van der Waals surface area contributed by atoms with E-state index in [0.29, 0.717) is 30.8 Å². The van der Waals surface area contributed by atoms with Gasteiger partial charge >= 0.3 is 0 Å². The molecule has 0 radical (unpaired) electrons. The minimum Gasteiger partial charge on any atom is -0.494 e. The number of carbonyl (C=O) groups excluding carboxylic acids is 1. The van der Waals surface area contributed by atoms with Gasteiger partial charge in [0.15, 0.2) is 0 Å². The van der Waals surface area contributed by atoms with Gasteiger partial charge in [-0.1, -0.05) is 19.1 Å². The number of amides is 1. The summed E-state index contributed by atoms with van der Waals surface area (Å²) in [4.78, 5) is 17.2. The number of ether oxygens (including phenoxy) is 1. The maximum absolute atomic E-state index is 12.7. The van der Waals surface area contributed by atoms with Crippen LogP contribution in [-0.2, 0) is 11.3 Å². The average Bonchev–Trinajstić information content (AvgIpc) is 2.71. The average molecular weight is 374 g/mol. The third kappa shape index (κ3) is 5.94. The number of nitrogens with one attached hydrogen (secondary N) is 1. The summed E-state index contributed by atoms with van der Waals surface area (Å²) in [5.41, 5.74) is 1.30. The molecule has 1 aromatic carbocycles. The topological polar surface area (TPSA) is 44.8 Å². The Kier molecular flexibility index (Phi) is 7.53. The minimum absolute atomic E-state index is 0.349. The summed E-state index contributed by atoms with van der Waals surface area (Å²) in [6.07, 6.45) is 3.14. The lowest BCUT2D eigenvalue weighted by Crippen LogP contribution is -2.48. The second-order valence-electron chi connectivity index (χ2n) is 8.00. The monoisotopic (exact) mass is 373 g/mol. The highest BCUT2D eigenvalue weighted by Crippen LogP contribution is 2.25. The molecule has 1 N–H and O–H groups in total. The molecule has 0 aromatic heterocycles. The largest absolute Gasteiger partial charge is 0.494 e. The maximum Gasteiger partial charge on any atom is 0.222 e. The van der Waals surface area contributed by atoms with E-state index in [4.69, 9.17) is 4.74 Å². The number of benzene rings is 1. The van der Waals surface area contributed by atoms with Crippen LogP contribution < -0.4 is 10.1 Å². The fraction of sp³-hybridized carbons (Fsp3) is 0.682. The number of hydrogen-bond donors (Lipinski definition) is 1. The highest BCUT2D eigenvalue weighted by atomic mass is 16.5. The van der Waals surface area contributed by atoms with E-state index in [1.165, 1.54) is 18.4 Å². The molecule has 5 heteroatoms. The number of hydrogen-bond acceptors (Lipinski definition) is 4. The van der Waals surface area contributed by atoms with Crippen molar-refractivity contribution in [2.45, 2.75) is 39.7 Å². The van der Waals surface area contributed by atoms with Crippen LogP contribution in [0.25, 0.3) is 0 Å². The Bertz CT molecular complexity index is 576. The molecule has 3 rings (SSSR count). The molecule has 27 heavy (non-hydrogen) atoms. The van der Waals surface area contributed by atoms with Crippen LogP contribution in [0.2, 0.25) is 0 Å². The number of rotatable bonds is 7. The zero-order valence-corrected chi connectivity index (χ0v) is 17.0. The predicted octanol–water partition coefficient (Wildman–Crippen LogP) is 2.76. The highest BCUT2D eigenvalue weighted by Gasteiger charge is 2.26. The number of piperidine rings is 1. The molecule has 0 saturated carbocycles. The highest BCUT2D eigenvalue weighted by molar-refractivity contribution is 5.76. The first-order valence-corrected chi connectivity index (χ1v) is 10.6. The van der Waals surface area contributed by atoms with Crippen molar-refractivity contribution in [1.82, 2.24) is 15.1 Å². The summed E-state index contributed by atoms with van der Waals surface area (Å²) in [5.74, 6) is 2.49. The molecule has 1 unspecified atom stereocenters. The summed E-state index contributed by atoms with van der Waals surface area (Å²) in [7, 11) is 0. The molecule has 0 bridgehead atoms. The lowest BCUT2D eigenvalue weighted by Gasteiger charge is -2.36. The normalized spacial score (nSPS) is 20.4. The minimum atomic E-state index is 0.349. The van der Waals surface area contributed by atoms with Gasteiger partial charge in [0.25, 0.3) is 0 Å². The van der Waals surface area contributed by atoms with Crippen LogP contribution in [0.3, 0.4) is 0 Å². The molecule has 2 fully saturated rings.